The van der Waals surface area contributed by atoms with Gasteiger partial charge in [-0.15, -0.1) is 0 Å². The molecule has 3 nitrogen and oxygen atoms in total. The van der Waals surface area contributed by atoms with Gasteiger partial charge in [0.1, 0.15) is 11.5 Å². The Morgan fingerprint density at radius 1 is 0.885 bits per heavy atom. The van der Waals surface area contributed by atoms with E-state index in [1.165, 1.54) is 16.3 Å². The van der Waals surface area contributed by atoms with Crippen LogP contribution in [0.4, 0.5) is 0 Å². The van der Waals surface area contributed by atoms with Crippen LogP contribution in [-0.4, -0.2) is 26.1 Å². The zero-order chi connectivity index (χ0) is 18.4. The number of Topliss-reactive ketones (excluding diaryl/α,β-unsaturated/α-hetero) is 1. The maximum atomic E-state index is 12.6. The van der Waals surface area contributed by atoms with Crippen molar-refractivity contribution in [1.82, 2.24) is 0 Å². The molecular weight excluding hydrogens is 324 g/mol. The van der Waals surface area contributed by atoms with Crippen LogP contribution < -0.4 is 4.74 Å². The van der Waals surface area contributed by atoms with E-state index in [1.807, 2.05) is 36.4 Å². The molecular formula is C23H24O3. The van der Waals surface area contributed by atoms with E-state index in [-0.39, 0.29) is 11.9 Å². The molecule has 0 aliphatic carbocycles. The number of hydrogen-bond donors (Lipinski definition) is 0. The van der Waals surface area contributed by atoms with E-state index in [0.29, 0.717) is 12.8 Å². The number of methoxy groups -OCH3 is 2. The van der Waals surface area contributed by atoms with Crippen molar-refractivity contribution < 1.29 is 14.3 Å². The fourth-order valence-electron chi connectivity index (χ4n) is 3.34. The molecule has 3 aromatic carbocycles. The van der Waals surface area contributed by atoms with Crippen molar-refractivity contribution >= 4 is 16.6 Å². The average Bonchev–Trinajstić information content (AvgIpc) is 2.68. The Morgan fingerprint density at radius 2 is 1.58 bits per heavy atom. The number of ketones is 1. The lowest BCUT2D eigenvalue weighted by Crippen LogP contribution is -2.20. The third-order valence-corrected chi connectivity index (χ3v) is 4.70. The number of hydrogen-bond acceptors (Lipinski definition) is 3. The molecule has 26 heavy (non-hydrogen) atoms. The lowest BCUT2D eigenvalue weighted by Gasteiger charge is -2.16. The zero-order valence-electron chi connectivity index (χ0n) is 15.3. The fraction of sp³-hybridized carbons (Fsp3) is 0.261. The van der Waals surface area contributed by atoms with Crippen LogP contribution in [0, 0.1) is 0 Å². The van der Waals surface area contributed by atoms with Gasteiger partial charge in [0.05, 0.1) is 13.2 Å². The number of carbonyl (C=O) groups is 1. The van der Waals surface area contributed by atoms with Crippen LogP contribution in [0.3, 0.4) is 0 Å². The monoisotopic (exact) mass is 348 g/mol. The minimum atomic E-state index is -0.136. The quantitative estimate of drug-likeness (QED) is 0.596. The summed E-state index contributed by atoms with van der Waals surface area (Å²) in [4.78, 5) is 12.6. The molecule has 0 fully saturated rings. The highest BCUT2D eigenvalue weighted by molar-refractivity contribution is 5.86. The molecule has 0 amide bonds. The molecule has 0 aliphatic heterocycles. The molecule has 0 saturated heterocycles. The summed E-state index contributed by atoms with van der Waals surface area (Å²) in [6.07, 6.45) is 1.33. The molecule has 0 spiro atoms. The van der Waals surface area contributed by atoms with Gasteiger partial charge in [0.2, 0.25) is 0 Å². The Balaban J connectivity index is 1.70. The molecule has 0 aliphatic rings. The highest BCUT2D eigenvalue weighted by atomic mass is 16.5. The minimum absolute atomic E-state index is 0.136. The Labute approximate surface area is 154 Å². The van der Waals surface area contributed by atoms with Crippen LogP contribution in [0.15, 0.2) is 66.7 Å². The van der Waals surface area contributed by atoms with Crippen LogP contribution in [0.1, 0.15) is 17.5 Å². The van der Waals surface area contributed by atoms with Crippen LogP contribution in [0.5, 0.6) is 5.75 Å². The summed E-state index contributed by atoms with van der Waals surface area (Å²) in [6.45, 7) is 0. The molecule has 0 aromatic heterocycles. The summed E-state index contributed by atoms with van der Waals surface area (Å²) < 4.78 is 11.0. The third kappa shape index (κ3) is 4.30. The summed E-state index contributed by atoms with van der Waals surface area (Å²) in [5.41, 5.74) is 2.13. The molecule has 0 saturated carbocycles. The summed E-state index contributed by atoms with van der Waals surface area (Å²) in [6, 6.07) is 22.2. The second kappa shape index (κ2) is 8.63. The SMILES string of the molecule is COc1ccccc1CC(=O)CC(Cc1cccc2ccccc12)OC. The minimum Gasteiger partial charge on any atom is -0.496 e. The molecule has 0 heterocycles. The Morgan fingerprint density at radius 3 is 2.38 bits per heavy atom. The molecule has 3 aromatic rings. The van der Waals surface area contributed by atoms with E-state index in [0.717, 1.165) is 17.7 Å². The average molecular weight is 348 g/mol. The highest BCUT2D eigenvalue weighted by Gasteiger charge is 2.17. The first kappa shape index (κ1) is 18.2. The molecule has 0 bridgehead atoms. The Kier molecular flexibility index (Phi) is 6.03. The lowest BCUT2D eigenvalue weighted by atomic mass is 9.96. The lowest BCUT2D eigenvalue weighted by molar-refractivity contribution is -0.120. The molecule has 134 valence electrons. The first-order valence-corrected chi connectivity index (χ1v) is 8.84. The van der Waals surface area contributed by atoms with Crippen LogP contribution >= 0.6 is 0 Å². The number of rotatable bonds is 8. The Hall–Kier alpha value is -2.65. The van der Waals surface area contributed by atoms with Gasteiger partial charge in [0.25, 0.3) is 0 Å². The van der Waals surface area contributed by atoms with Gasteiger partial charge in [-0.25, -0.2) is 0 Å². The third-order valence-electron chi connectivity index (χ3n) is 4.70. The van der Waals surface area contributed by atoms with Gasteiger partial charge in [-0.05, 0) is 28.8 Å². The normalized spacial score (nSPS) is 12.1. The zero-order valence-corrected chi connectivity index (χ0v) is 15.3. The van der Waals surface area contributed by atoms with E-state index in [1.54, 1.807) is 14.2 Å². The first-order chi connectivity index (χ1) is 12.7. The smallest absolute Gasteiger partial charge is 0.140 e. The molecule has 0 radical (unpaired) electrons. The van der Waals surface area contributed by atoms with Gasteiger partial charge in [-0.3, -0.25) is 4.79 Å². The number of para-hydroxylation sites is 1. The van der Waals surface area contributed by atoms with Crippen molar-refractivity contribution in [2.45, 2.75) is 25.4 Å². The molecule has 1 atom stereocenters. The number of fused-ring (bicyclic) bond motifs is 1. The van der Waals surface area contributed by atoms with Gasteiger partial charge in [-0.1, -0.05) is 60.7 Å². The van der Waals surface area contributed by atoms with E-state index < -0.39 is 0 Å². The van der Waals surface area contributed by atoms with E-state index in [4.69, 9.17) is 9.47 Å². The van der Waals surface area contributed by atoms with E-state index >= 15 is 0 Å². The second-order valence-corrected chi connectivity index (χ2v) is 6.43. The van der Waals surface area contributed by atoms with E-state index in [9.17, 15) is 4.79 Å². The maximum absolute atomic E-state index is 12.6. The predicted octanol–water partition coefficient (Wildman–Crippen LogP) is 4.61. The number of carbonyl (C=O) groups excluding carboxylic acids is 1. The summed E-state index contributed by atoms with van der Waals surface area (Å²) in [7, 11) is 3.30. The molecule has 0 N–H and O–H groups in total. The molecule has 3 heteroatoms. The first-order valence-electron chi connectivity index (χ1n) is 8.84. The standard InChI is InChI=1S/C23H24O3/c1-25-21(15-18-11-7-10-17-8-3-5-12-22(17)18)16-20(24)14-19-9-4-6-13-23(19)26-2/h3-13,21H,14-16H2,1-2H3. The predicted molar refractivity (Wildman–Crippen MR) is 105 cm³/mol. The van der Waals surface area contributed by atoms with Crippen LogP contribution in [-0.2, 0) is 22.4 Å². The number of ether oxygens (including phenoxy) is 2. The Bertz CT molecular complexity index is 880. The van der Waals surface area contributed by atoms with Crippen molar-refractivity contribution in [1.29, 1.82) is 0 Å². The second-order valence-electron chi connectivity index (χ2n) is 6.43. The van der Waals surface area contributed by atoms with Gasteiger partial charge < -0.3 is 9.47 Å². The summed E-state index contributed by atoms with van der Waals surface area (Å²) in [5, 5.41) is 2.43. The van der Waals surface area contributed by atoms with Gasteiger partial charge in [0.15, 0.2) is 0 Å². The van der Waals surface area contributed by atoms with Gasteiger partial charge in [-0.2, -0.15) is 0 Å². The number of benzene rings is 3. The maximum Gasteiger partial charge on any atom is 0.140 e. The van der Waals surface area contributed by atoms with Crippen molar-refractivity contribution in [2.75, 3.05) is 14.2 Å². The van der Waals surface area contributed by atoms with Crippen molar-refractivity contribution in [3.05, 3.63) is 77.9 Å². The van der Waals surface area contributed by atoms with Gasteiger partial charge in [0, 0.05) is 25.5 Å². The van der Waals surface area contributed by atoms with Gasteiger partial charge >= 0.3 is 0 Å². The van der Waals surface area contributed by atoms with Crippen LogP contribution in [0.2, 0.25) is 0 Å². The molecule has 3 rings (SSSR count). The topological polar surface area (TPSA) is 35.5 Å². The highest BCUT2D eigenvalue weighted by Crippen LogP contribution is 2.22. The van der Waals surface area contributed by atoms with Crippen LogP contribution in [0.25, 0.3) is 10.8 Å². The summed E-state index contributed by atoms with van der Waals surface area (Å²) in [5.74, 6) is 0.908. The van der Waals surface area contributed by atoms with Crippen molar-refractivity contribution in [3.8, 4) is 5.75 Å². The summed E-state index contributed by atoms with van der Waals surface area (Å²) >= 11 is 0. The van der Waals surface area contributed by atoms with E-state index in [2.05, 4.69) is 30.3 Å². The van der Waals surface area contributed by atoms with Crippen molar-refractivity contribution in [2.24, 2.45) is 0 Å². The molecule has 1 unspecified atom stereocenters. The fourth-order valence-corrected chi connectivity index (χ4v) is 3.34. The largest absolute Gasteiger partial charge is 0.496 e. The van der Waals surface area contributed by atoms with Crippen molar-refractivity contribution in [3.63, 3.8) is 0 Å².